The molecule has 3 heterocycles. The summed E-state index contributed by atoms with van der Waals surface area (Å²) < 4.78 is 1.69. The number of hydrogen-bond acceptors (Lipinski definition) is 5. The lowest BCUT2D eigenvalue weighted by atomic mass is 10.1. The zero-order valence-corrected chi connectivity index (χ0v) is 12.9. The van der Waals surface area contributed by atoms with E-state index in [0.717, 1.165) is 31.9 Å². The van der Waals surface area contributed by atoms with Crippen LogP contribution in [0.4, 0.5) is 5.95 Å². The van der Waals surface area contributed by atoms with E-state index in [2.05, 4.69) is 20.0 Å². The van der Waals surface area contributed by atoms with Crippen molar-refractivity contribution < 1.29 is 4.79 Å². The van der Waals surface area contributed by atoms with E-state index < -0.39 is 0 Å². The molecule has 0 radical (unpaired) electrons. The Bertz CT molecular complexity index is 865. The summed E-state index contributed by atoms with van der Waals surface area (Å²) in [6.45, 7) is 3.78. The third-order valence-corrected chi connectivity index (χ3v) is 4.13. The van der Waals surface area contributed by atoms with Gasteiger partial charge in [0.05, 0.1) is 11.8 Å². The maximum atomic E-state index is 12.7. The van der Waals surface area contributed by atoms with Crippen LogP contribution >= 0.6 is 0 Å². The van der Waals surface area contributed by atoms with Crippen molar-refractivity contribution in [2.75, 3.05) is 18.0 Å². The Morgan fingerprint density at radius 3 is 2.57 bits per heavy atom. The predicted molar refractivity (Wildman–Crippen MR) is 86.8 cm³/mol. The Labute approximate surface area is 133 Å². The molecule has 6 nitrogen and oxygen atoms in total. The van der Waals surface area contributed by atoms with E-state index in [4.69, 9.17) is 0 Å². The maximum Gasteiger partial charge on any atom is 0.230 e. The van der Waals surface area contributed by atoms with Crippen molar-refractivity contribution in [3.63, 3.8) is 0 Å². The number of ketones is 1. The first-order chi connectivity index (χ1) is 11.2. The highest BCUT2D eigenvalue weighted by Gasteiger charge is 2.22. The van der Waals surface area contributed by atoms with Crippen LogP contribution in [0.15, 0.2) is 36.5 Å². The van der Waals surface area contributed by atoms with Crippen LogP contribution in [-0.4, -0.2) is 38.5 Å². The second-order valence-electron chi connectivity index (χ2n) is 5.75. The molecule has 0 N–H and O–H groups in total. The van der Waals surface area contributed by atoms with Crippen LogP contribution in [0.5, 0.6) is 0 Å². The largest absolute Gasteiger partial charge is 0.341 e. The van der Waals surface area contributed by atoms with Gasteiger partial charge in [-0.3, -0.25) is 4.79 Å². The fourth-order valence-corrected chi connectivity index (χ4v) is 2.99. The first kappa shape index (κ1) is 13.9. The highest BCUT2D eigenvalue weighted by molar-refractivity contribution is 6.12. The number of hydrogen-bond donors (Lipinski definition) is 0. The lowest BCUT2D eigenvalue weighted by molar-refractivity contribution is 0.104. The van der Waals surface area contributed by atoms with Crippen molar-refractivity contribution in [3.8, 4) is 0 Å². The number of fused-ring (bicyclic) bond motifs is 1. The predicted octanol–water partition coefficient (Wildman–Crippen LogP) is 2.26. The Morgan fingerprint density at radius 1 is 1.09 bits per heavy atom. The van der Waals surface area contributed by atoms with Gasteiger partial charge in [0.2, 0.25) is 5.95 Å². The average molecular weight is 307 g/mol. The van der Waals surface area contributed by atoms with Gasteiger partial charge in [0.15, 0.2) is 11.4 Å². The molecule has 1 saturated heterocycles. The second-order valence-corrected chi connectivity index (χ2v) is 5.75. The van der Waals surface area contributed by atoms with Gasteiger partial charge in [-0.2, -0.15) is 14.6 Å². The molecule has 3 aromatic rings. The van der Waals surface area contributed by atoms with E-state index in [1.54, 1.807) is 22.8 Å². The highest BCUT2D eigenvalue weighted by Crippen LogP contribution is 2.21. The van der Waals surface area contributed by atoms with Gasteiger partial charge in [-0.05, 0) is 19.8 Å². The minimum absolute atomic E-state index is 0.0638. The summed E-state index contributed by atoms with van der Waals surface area (Å²) in [6, 6.07) is 9.22. The molecule has 0 atom stereocenters. The summed E-state index contributed by atoms with van der Waals surface area (Å²) in [5.74, 6) is 1.37. The molecule has 6 heteroatoms. The van der Waals surface area contributed by atoms with Crippen molar-refractivity contribution in [3.05, 3.63) is 53.5 Å². The molecule has 0 unspecified atom stereocenters. The fourth-order valence-electron chi connectivity index (χ4n) is 2.99. The van der Waals surface area contributed by atoms with E-state index in [1.165, 1.54) is 0 Å². The average Bonchev–Trinajstić information content (AvgIpc) is 3.24. The van der Waals surface area contributed by atoms with Crippen LogP contribution in [0, 0.1) is 6.92 Å². The fraction of sp³-hybridized carbons (Fsp3) is 0.294. The van der Waals surface area contributed by atoms with Gasteiger partial charge < -0.3 is 4.90 Å². The summed E-state index contributed by atoms with van der Waals surface area (Å²) in [6.07, 6.45) is 3.90. The minimum atomic E-state index is -0.0638. The monoisotopic (exact) mass is 307 g/mol. The van der Waals surface area contributed by atoms with Gasteiger partial charge in [-0.25, -0.2) is 4.98 Å². The van der Waals surface area contributed by atoms with Crippen LogP contribution in [0.2, 0.25) is 0 Å². The number of benzene rings is 1. The van der Waals surface area contributed by atoms with Crippen LogP contribution < -0.4 is 4.90 Å². The summed E-state index contributed by atoms with van der Waals surface area (Å²) in [5.41, 5.74) is 1.73. The van der Waals surface area contributed by atoms with Gasteiger partial charge in [-0.1, -0.05) is 30.3 Å². The molecule has 116 valence electrons. The van der Waals surface area contributed by atoms with Gasteiger partial charge >= 0.3 is 0 Å². The number of carbonyl (C=O) groups excluding carboxylic acids is 1. The molecule has 23 heavy (non-hydrogen) atoms. The Morgan fingerprint density at radius 2 is 1.83 bits per heavy atom. The van der Waals surface area contributed by atoms with E-state index in [-0.39, 0.29) is 5.78 Å². The van der Waals surface area contributed by atoms with Crippen molar-refractivity contribution in [2.45, 2.75) is 19.8 Å². The maximum absolute atomic E-state index is 12.7. The van der Waals surface area contributed by atoms with Crippen LogP contribution in [0.25, 0.3) is 5.65 Å². The number of carbonyl (C=O) groups is 1. The molecular weight excluding hydrogens is 290 g/mol. The number of aryl methyl sites for hydroxylation is 1. The standard InChI is InChI=1S/C17H17N5O/c1-12-19-16-14(15(23)13-7-3-2-4-8-13)11-18-22(16)17(20-12)21-9-5-6-10-21/h2-4,7-8,11H,5-6,9-10H2,1H3. The molecule has 0 spiro atoms. The van der Waals surface area contributed by atoms with E-state index in [9.17, 15) is 4.79 Å². The Balaban J connectivity index is 1.85. The van der Waals surface area contributed by atoms with Crippen molar-refractivity contribution in [2.24, 2.45) is 0 Å². The molecule has 1 aliphatic heterocycles. The van der Waals surface area contributed by atoms with Crippen LogP contribution in [0.3, 0.4) is 0 Å². The molecule has 1 aliphatic rings. The number of rotatable bonds is 3. The quantitative estimate of drug-likeness (QED) is 0.695. The molecule has 0 aliphatic carbocycles. The SMILES string of the molecule is Cc1nc(N2CCCC2)n2ncc(C(=O)c3ccccc3)c2n1. The van der Waals surface area contributed by atoms with Gasteiger partial charge in [-0.15, -0.1) is 0 Å². The topological polar surface area (TPSA) is 63.4 Å². The molecular formula is C17H17N5O. The normalized spacial score (nSPS) is 14.6. The third kappa shape index (κ3) is 2.36. The zero-order chi connectivity index (χ0) is 15.8. The van der Waals surface area contributed by atoms with E-state index in [1.807, 2.05) is 25.1 Å². The first-order valence-corrected chi connectivity index (χ1v) is 7.81. The van der Waals surface area contributed by atoms with Crippen LogP contribution in [0.1, 0.15) is 34.6 Å². The zero-order valence-electron chi connectivity index (χ0n) is 12.9. The first-order valence-electron chi connectivity index (χ1n) is 7.81. The smallest absolute Gasteiger partial charge is 0.230 e. The summed E-state index contributed by atoms with van der Waals surface area (Å²) in [5, 5.41) is 4.38. The summed E-state index contributed by atoms with van der Waals surface area (Å²) in [4.78, 5) is 23.9. The van der Waals surface area contributed by atoms with E-state index >= 15 is 0 Å². The lowest BCUT2D eigenvalue weighted by Crippen LogP contribution is -2.23. The number of anilines is 1. The molecule has 0 bridgehead atoms. The second kappa shape index (κ2) is 5.46. The number of nitrogens with zero attached hydrogens (tertiary/aromatic N) is 5. The van der Waals surface area contributed by atoms with Gasteiger partial charge in [0.25, 0.3) is 0 Å². The molecule has 1 aromatic carbocycles. The Kier molecular flexibility index (Phi) is 3.29. The molecule has 2 aromatic heterocycles. The lowest BCUT2D eigenvalue weighted by Gasteiger charge is -2.17. The third-order valence-electron chi connectivity index (χ3n) is 4.13. The van der Waals surface area contributed by atoms with Crippen molar-refractivity contribution in [1.82, 2.24) is 19.6 Å². The van der Waals surface area contributed by atoms with E-state index in [0.29, 0.717) is 22.6 Å². The van der Waals surface area contributed by atoms with Crippen molar-refractivity contribution >= 4 is 17.4 Å². The van der Waals surface area contributed by atoms with Gasteiger partial charge in [0, 0.05) is 18.7 Å². The molecule has 1 fully saturated rings. The molecule has 0 amide bonds. The highest BCUT2D eigenvalue weighted by atomic mass is 16.1. The minimum Gasteiger partial charge on any atom is -0.341 e. The summed E-state index contributed by atoms with van der Waals surface area (Å²) in [7, 11) is 0. The van der Waals surface area contributed by atoms with Crippen LogP contribution in [-0.2, 0) is 0 Å². The number of aromatic nitrogens is 4. The van der Waals surface area contributed by atoms with Gasteiger partial charge in [0.1, 0.15) is 5.82 Å². The molecule has 4 rings (SSSR count). The molecule has 0 saturated carbocycles. The Hall–Kier alpha value is -2.76. The summed E-state index contributed by atoms with van der Waals surface area (Å²) >= 11 is 0. The van der Waals surface area contributed by atoms with Crippen molar-refractivity contribution in [1.29, 1.82) is 0 Å².